The molecule has 0 atom stereocenters. The lowest BCUT2D eigenvalue weighted by Crippen LogP contribution is -2.44. The van der Waals surface area contributed by atoms with Gasteiger partial charge in [0.2, 0.25) is 0 Å². The van der Waals surface area contributed by atoms with Gasteiger partial charge in [-0.2, -0.15) is 0 Å². The lowest BCUT2D eigenvalue weighted by molar-refractivity contribution is 0.111. The van der Waals surface area contributed by atoms with Crippen molar-refractivity contribution in [3.8, 4) is 0 Å². The number of aromatic amines is 2. The molecule has 190 valence electrons. The fraction of sp³-hybridized carbons (Fsp3) is 0.423. The first kappa shape index (κ1) is 24.2. The quantitative estimate of drug-likeness (QED) is 0.373. The number of nitrogens with one attached hydrogen (secondary N) is 2. The number of carbonyl (C=O) groups is 1. The first-order valence-corrected chi connectivity index (χ1v) is 12.4. The smallest absolute Gasteiger partial charge is 0.185 e. The largest absolute Gasteiger partial charge is 0.388 e. The number of rotatable bonds is 4. The molecule has 36 heavy (non-hydrogen) atoms. The number of aliphatic hydroxyl groups excluding tert-OH is 1. The van der Waals surface area contributed by atoms with Crippen molar-refractivity contribution in [3.05, 3.63) is 48.0 Å². The molecule has 0 unspecified atom stereocenters. The van der Waals surface area contributed by atoms with Crippen LogP contribution in [0.15, 0.2) is 36.4 Å². The molecule has 2 aromatic carbocycles. The molecule has 0 spiro atoms. The number of piperazine rings is 2. The summed E-state index contributed by atoms with van der Waals surface area (Å²) in [6.45, 7) is 8.27. The summed E-state index contributed by atoms with van der Waals surface area (Å²) in [5.74, 6) is 1.03. The molecule has 0 bridgehead atoms. The second kappa shape index (κ2) is 10.7. The Morgan fingerprint density at radius 2 is 1.28 bits per heavy atom. The van der Waals surface area contributed by atoms with Gasteiger partial charge in [-0.25, -0.2) is 9.97 Å². The van der Waals surface area contributed by atoms with Crippen LogP contribution in [0.25, 0.3) is 22.1 Å². The summed E-state index contributed by atoms with van der Waals surface area (Å²) < 4.78 is 0. The van der Waals surface area contributed by atoms with Crippen LogP contribution in [0.2, 0.25) is 0 Å². The third-order valence-electron chi connectivity index (χ3n) is 7.00. The van der Waals surface area contributed by atoms with Crippen molar-refractivity contribution in [2.45, 2.75) is 6.61 Å². The van der Waals surface area contributed by atoms with Gasteiger partial charge < -0.3 is 34.7 Å². The molecule has 10 heteroatoms. The summed E-state index contributed by atoms with van der Waals surface area (Å²) >= 11 is 0. The highest BCUT2D eigenvalue weighted by atomic mass is 16.3. The Hall–Kier alpha value is -3.47. The predicted octanol–water partition coefficient (Wildman–Crippen LogP) is 1.93. The molecule has 0 amide bonds. The van der Waals surface area contributed by atoms with Gasteiger partial charge in [-0.1, -0.05) is 12.1 Å². The second-order valence-electron chi connectivity index (χ2n) is 9.51. The number of fused-ring (bicyclic) bond motifs is 2. The molecule has 6 rings (SSSR count). The molecule has 0 aliphatic carbocycles. The number of aliphatic hydroxyl groups is 1. The third-order valence-corrected chi connectivity index (χ3v) is 7.00. The highest BCUT2D eigenvalue weighted by molar-refractivity contribution is 5.92. The van der Waals surface area contributed by atoms with Crippen molar-refractivity contribution >= 4 is 39.7 Å². The lowest BCUT2D eigenvalue weighted by atomic mass is 10.2. The van der Waals surface area contributed by atoms with Crippen LogP contribution in [0.4, 0.5) is 11.4 Å². The van der Waals surface area contributed by atoms with Gasteiger partial charge in [-0.15, -0.1) is 0 Å². The Morgan fingerprint density at radius 3 is 1.78 bits per heavy atom. The number of carbonyl (C=O) groups excluding carboxylic acids is 1. The van der Waals surface area contributed by atoms with Crippen LogP contribution in [0.1, 0.15) is 16.4 Å². The van der Waals surface area contributed by atoms with Crippen molar-refractivity contribution in [1.29, 1.82) is 0 Å². The number of aldehydes is 1. The van der Waals surface area contributed by atoms with E-state index < -0.39 is 0 Å². The van der Waals surface area contributed by atoms with E-state index in [9.17, 15) is 4.79 Å². The van der Waals surface area contributed by atoms with Crippen molar-refractivity contribution in [2.24, 2.45) is 0 Å². The van der Waals surface area contributed by atoms with E-state index in [2.05, 4.69) is 65.8 Å². The van der Waals surface area contributed by atoms with E-state index >= 15 is 0 Å². The van der Waals surface area contributed by atoms with Gasteiger partial charge in [0.15, 0.2) is 12.1 Å². The Morgan fingerprint density at radius 1 is 0.778 bits per heavy atom. The molecule has 10 nitrogen and oxygen atoms in total. The van der Waals surface area contributed by atoms with Crippen LogP contribution in [-0.2, 0) is 6.61 Å². The van der Waals surface area contributed by atoms with Crippen LogP contribution in [0.3, 0.4) is 0 Å². The highest BCUT2D eigenvalue weighted by Gasteiger charge is 2.19. The predicted molar refractivity (Wildman–Crippen MR) is 143 cm³/mol. The zero-order chi connectivity index (χ0) is 25.1. The lowest BCUT2D eigenvalue weighted by Gasteiger charge is -2.34. The van der Waals surface area contributed by atoms with Gasteiger partial charge in [0, 0.05) is 52.4 Å². The third kappa shape index (κ3) is 5.06. The van der Waals surface area contributed by atoms with E-state index in [1.54, 1.807) is 0 Å². The van der Waals surface area contributed by atoms with Gasteiger partial charge in [0.1, 0.15) is 23.5 Å². The molecular weight excluding hydrogens is 456 g/mol. The van der Waals surface area contributed by atoms with Crippen LogP contribution < -0.4 is 9.80 Å². The first-order chi connectivity index (χ1) is 17.6. The van der Waals surface area contributed by atoms with Crippen molar-refractivity contribution < 1.29 is 9.90 Å². The van der Waals surface area contributed by atoms with E-state index in [4.69, 9.17) is 5.11 Å². The number of hydrogen-bond donors (Lipinski definition) is 3. The van der Waals surface area contributed by atoms with Gasteiger partial charge >= 0.3 is 0 Å². The fourth-order valence-electron chi connectivity index (χ4n) is 4.84. The minimum atomic E-state index is -0.0448. The summed E-state index contributed by atoms with van der Waals surface area (Å²) in [6, 6.07) is 12.2. The molecule has 2 saturated heterocycles. The number of nitrogens with zero attached hydrogens (tertiary/aromatic N) is 6. The Kier molecular flexibility index (Phi) is 7.17. The maximum Gasteiger partial charge on any atom is 0.185 e. The minimum absolute atomic E-state index is 0.0448. The van der Waals surface area contributed by atoms with Crippen molar-refractivity contribution in [3.63, 3.8) is 0 Å². The van der Waals surface area contributed by atoms with Gasteiger partial charge in [-0.3, -0.25) is 4.79 Å². The average molecular weight is 491 g/mol. The number of likely N-dealkylation sites (N-methyl/N-ethyl adjacent to an activating group) is 2. The molecular formula is C26H34N8O2. The summed E-state index contributed by atoms with van der Waals surface area (Å²) in [6.07, 6.45) is 0.758. The van der Waals surface area contributed by atoms with E-state index in [0.717, 1.165) is 92.1 Å². The van der Waals surface area contributed by atoms with Gasteiger partial charge in [0.25, 0.3) is 0 Å². The number of hydrogen-bond acceptors (Lipinski definition) is 8. The Labute approximate surface area is 210 Å². The van der Waals surface area contributed by atoms with E-state index in [1.807, 2.05) is 24.3 Å². The monoisotopic (exact) mass is 490 g/mol. The first-order valence-electron chi connectivity index (χ1n) is 12.4. The zero-order valence-corrected chi connectivity index (χ0v) is 20.9. The highest BCUT2D eigenvalue weighted by Crippen LogP contribution is 2.27. The van der Waals surface area contributed by atoms with Gasteiger partial charge in [0.05, 0.1) is 22.4 Å². The molecule has 2 aromatic heterocycles. The fourth-order valence-corrected chi connectivity index (χ4v) is 4.84. The maximum atomic E-state index is 10.8. The number of H-pyrrole nitrogens is 2. The van der Waals surface area contributed by atoms with Gasteiger partial charge in [-0.05, 0) is 38.4 Å². The Bertz CT molecular complexity index is 1320. The number of benzene rings is 2. The summed E-state index contributed by atoms with van der Waals surface area (Å²) in [5.41, 5.74) is 6.06. The minimum Gasteiger partial charge on any atom is -0.388 e. The van der Waals surface area contributed by atoms with Crippen molar-refractivity contribution in [2.75, 3.05) is 76.3 Å². The van der Waals surface area contributed by atoms with E-state index in [-0.39, 0.29) is 6.61 Å². The van der Waals surface area contributed by atoms with Crippen LogP contribution >= 0.6 is 0 Å². The summed E-state index contributed by atoms with van der Waals surface area (Å²) in [4.78, 5) is 35.1. The average Bonchev–Trinajstić information content (AvgIpc) is 3.54. The number of anilines is 2. The Balaban J connectivity index is 0.000000148. The zero-order valence-electron chi connectivity index (χ0n) is 20.9. The van der Waals surface area contributed by atoms with Crippen LogP contribution in [0.5, 0.6) is 0 Å². The van der Waals surface area contributed by atoms with E-state index in [0.29, 0.717) is 11.6 Å². The molecule has 0 radical (unpaired) electrons. The standard InChI is InChI=1S/C13H18N4O.C13H16N4O/c2*1-16-5-7-17(8-6-16)11-4-2-3-10-13(11)15-12(9-18)14-10/h2-4,18H,5-9H2,1H3,(H,14,15);2-4,9H,5-8H2,1H3,(H,14,15). The van der Waals surface area contributed by atoms with Crippen LogP contribution in [0, 0.1) is 0 Å². The summed E-state index contributed by atoms with van der Waals surface area (Å²) in [7, 11) is 4.29. The topological polar surface area (TPSA) is 108 Å². The summed E-state index contributed by atoms with van der Waals surface area (Å²) in [5, 5.41) is 9.16. The number of aromatic nitrogens is 4. The molecule has 2 aliphatic rings. The van der Waals surface area contributed by atoms with E-state index in [1.165, 1.54) is 0 Å². The molecule has 4 aromatic rings. The molecule has 3 N–H and O–H groups in total. The molecule has 0 saturated carbocycles. The maximum absolute atomic E-state index is 10.8. The second-order valence-corrected chi connectivity index (χ2v) is 9.51. The SMILES string of the molecule is CN1CCN(c2cccc3[nH]c(C=O)nc23)CC1.CN1CCN(c2cccc3[nH]c(CO)nc23)CC1. The molecule has 2 fully saturated rings. The molecule has 2 aliphatic heterocycles. The van der Waals surface area contributed by atoms with Crippen molar-refractivity contribution in [1.82, 2.24) is 29.7 Å². The number of para-hydroxylation sites is 2. The van der Waals surface area contributed by atoms with Crippen LogP contribution in [-0.4, -0.2) is 108 Å². The number of imidazole rings is 2. The normalized spacial score (nSPS) is 17.4. The molecule has 4 heterocycles.